The lowest BCUT2D eigenvalue weighted by Gasteiger charge is -2.18. The average molecular weight is 497 g/mol. The standard InChI is InChI=1S/C22H23F3N4O4S/c23-22(24,25)18-10-14(16-11-27-29(12-16)7-8-30)2-4-19(18)34(32,33)17-3-1-15(9-17)20(31)28-21(13-26)5-6-21/h2,4,10-12,15,17,30H,1,3,5-9H2,(H,28,31)/t15-,17-/m1/s1. The molecule has 2 aliphatic carbocycles. The van der Waals surface area contributed by atoms with Gasteiger partial charge in [0, 0.05) is 17.7 Å². The van der Waals surface area contributed by atoms with Crippen LogP contribution in [0, 0.1) is 17.2 Å². The van der Waals surface area contributed by atoms with Crippen LogP contribution in [-0.4, -0.2) is 46.6 Å². The molecule has 0 aliphatic heterocycles. The SMILES string of the molecule is N#CC1(NC(=O)[C@@H]2CC[C@@H](S(=O)(=O)c3ccc(-c4cnn(CCO)c4)cc3C(F)(F)F)C2)CC1. The smallest absolute Gasteiger partial charge is 0.394 e. The van der Waals surface area contributed by atoms with Crippen molar-refractivity contribution >= 4 is 15.7 Å². The molecule has 0 saturated heterocycles. The van der Waals surface area contributed by atoms with Crippen molar-refractivity contribution in [1.82, 2.24) is 15.1 Å². The highest BCUT2D eigenvalue weighted by atomic mass is 32.2. The van der Waals surface area contributed by atoms with Crippen LogP contribution in [0.2, 0.25) is 0 Å². The van der Waals surface area contributed by atoms with Crippen molar-refractivity contribution in [3.05, 3.63) is 36.2 Å². The number of halogens is 3. The summed E-state index contributed by atoms with van der Waals surface area (Å²) in [5, 5.41) is 23.6. The maximum atomic E-state index is 13.9. The van der Waals surface area contributed by atoms with Gasteiger partial charge in [-0.05, 0) is 49.8 Å². The van der Waals surface area contributed by atoms with Gasteiger partial charge in [0.2, 0.25) is 5.91 Å². The van der Waals surface area contributed by atoms with E-state index in [4.69, 9.17) is 10.4 Å². The first-order valence-electron chi connectivity index (χ1n) is 10.8. The van der Waals surface area contributed by atoms with Crippen molar-refractivity contribution in [2.24, 2.45) is 5.92 Å². The van der Waals surface area contributed by atoms with E-state index in [1.165, 1.54) is 23.1 Å². The van der Waals surface area contributed by atoms with E-state index in [1.807, 2.05) is 6.07 Å². The van der Waals surface area contributed by atoms with E-state index in [9.17, 15) is 26.4 Å². The first-order valence-corrected chi connectivity index (χ1v) is 12.4. The van der Waals surface area contributed by atoms with E-state index in [1.54, 1.807) is 0 Å². The van der Waals surface area contributed by atoms with Gasteiger partial charge in [0.05, 0.1) is 41.1 Å². The minimum Gasteiger partial charge on any atom is -0.394 e. The third-order valence-electron chi connectivity index (χ3n) is 6.41. The average Bonchev–Trinajstić information content (AvgIpc) is 3.17. The van der Waals surface area contributed by atoms with Crippen LogP contribution in [0.15, 0.2) is 35.5 Å². The molecular weight excluding hydrogens is 473 g/mol. The molecule has 2 saturated carbocycles. The Bertz CT molecular complexity index is 1250. The molecule has 0 spiro atoms. The molecule has 4 rings (SSSR count). The molecule has 2 aliphatic rings. The summed E-state index contributed by atoms with van der Waals surface area (Å²) in [5.74, 6) is -1.10. The summed E-state index contributed by atoms with van der Waals surface area (Å²) < 4.78 is 69.6. The fourth-order valence-electron chi connectivity index (χ4n) is 4.28. The fourth-order valence-corrected chi connectivity index (χ4v) is 6.31. The topological polar surface area (TPSA) is 125 Å². The monoisotopic (exact) mass is 496 g/mol. The predicted molar refractivity (Wildman–Crippen MR) is 114 cm³/mol. The number of aromatic nitrogens is 2. The molecule has 8 nitrogen and oxygen atoms in total. The van der Waals surface area contributed by atoms with Crippen LogP contribution in [-0.2, 0) is 27.4 Å². The van der Waals surface area contributed by atoms with E-state index >= 15 is 0 Å². The van der Waals surface area contributed by atoms with E-state index in [-0.39, 0.29) is 38.0 Å². The number of rotatable bonds is 7. The summed E-state index contributed by atoms with van der Waals surface area (Å²) in [6.07, 6.45) is -0.856. The highest BCUT2D eigenvalue weighted by Crippen LogP contribution is 2.42. The molecular formula is C22H23F3N4O4S. The Morgan fingerprint density at radius 1 is 1.29 bits per heavy atom. The lowest BCUT2D eigenvalue weighted by Crippen LogP contribution is -2.39. The third kappa shape index (κ3) is 4.67. The van der Waals surface area contributed by atoms with Gasteiger partial charge in [-0.1, -0.05) is 6.07 Å². The van der Waals surface area contributed by atoms with Gasteiger partial charge in [0.1, 0.15) is 5.54 Å². The quantitative estimate of drug-likeness (QED) is 0.607. The lowest BCUT2D eigenvalue weighted by molar-refractivity contribution is -0.139. The summed E-state index contributed by atoms with van der Waals surface area (Å²) >= 11 is 0. The number of sulfone groups is 1. The van der Waals surface area contributed by atoms with Crippen LogP contribution in [0.5, 0.6) is 0 Å². The van der Waals surface area contributed by atoms with Crippen molar-refractivity contribution in [3.8, 4) is 17.2 Å². The third-order valence-corrected chi connectivity index (χ3v) is 8.68. The van der Waals surface area contributed by atoms with Crippen molar-refractivity contribution in [3.63, 3.8) is 0 Å². The second-order valence-electron chi connectivity index (χ2n) is 8.78. The number of nitrogens with one attached hydrogen (secondary N) is 1. The second-order valence-corrected chi connectivity index (χ2v) is 11.0. The highest BCUT2D eigenvalue weighted by Gasteiger charge is 2.48. The minimum absolute atomic E-state index is 0.0625. The van der Waals surface area contributed by atoms with Gasteiger partial charge in [-0.2, -0.15) is 23.5 Å². The number of amides is 1. The zero-order valence-corrected chi connectivity index (χ0v) is 18.9. The Kier molecular flexibility index (Phi) is 6.20. The van der Waals surface area contributed by atoms with Gasteiger partial charge in [-0.25, -0.2) is 8.42 Å². The number of aliphatic hydroxyl groups excluding tert-OH is 1. The van der Waals surface area contributed by atoms with Gasteiger partial charge in [0.25, 0.3) is 0 Å². The molecule has 34 heavy (non-hydrogen) atoms. The Balaban J connectivity index is 1.59. The number of nitrogens with zero attached hydrogens (tertiary/aromatic N) is 3. The van der Waals surface area contributed by atoms with E-state index < -0.39 is 49.1 Å². The van der Waals surface area contributed by atoms with E-state index in [0.29, 0.717) is 18.4 Å². The highest BCUT2D eigenvalue weighted by molar-refractivity contribution is 7.92. The second kappa shape index (κ2) is 8.70. The zero-order chi connectivity index (χ0) is 24.7. The Morgan fingerprint density at radius 3 is 2.65 bits per heavy atom. The van der Waals surface area contributed by atoms with Crippen LogP contribution in [0.1, 0.15) is 37.7 Å². The Morgan fingerprint density at radius 2 is 2.03 bits per heavy atom. The number of carbonyl (C=O) groups excluding carboxylic acids is 1. The number of benzene rings is 1. The minimum atomic E-state index is -4.92. The predicted octanol–water partition coefficient (Wildman–Crippen LogP) is 2.68. The molecule has 2 fully saturated rings. The molecule has 2 aromatic rings. The summed E-state index contributed by atoms with van der Waals surface area (Å²) in [7, 11) is -4.37. The van der Waals surface area contributed by atoms with Crippen LogP contribution < -0.4 is 5.32 Å². The maximum absolute atomic E-state index is 13.9. The number of carbonyl (C=O) groups is 1. The molecule has 2 atom stereocenters. The molecule has 1 amide bonds. The molecule has 182 valence electrons. The molecule has 0 bridgehead atoms. The number of alkyl halides is 3. The van der Waals surface area contributed by atoms with E-state index in [0.717, 1.165) is 12.1 Å². The number of aliphatic hydroxyl groups is 1. The molecule has 2 N–H and O–H groups in total. The number of nitriles is 1. The van der Waals surface area contributed by atoms with Gasteiger partial charge < -0.3 is 10.4 Å². The largest absolute Gasteiger partial charge is 0.417 e. The van der Waals surface area contributed by atoms with Crippen LogP contribution in [0.3, 0.4) is 0 Å². The Labute approximate surface area is 194 Å². The molecule has 1 aromatic carbocycles. The molecule has 12 heteroatoms. The molecule has 1 heterocycles. The summed E-state index contributed by atoms with van der Waals surface area (Å²) in [5.41, 5.74) is -1.66. The zero-order valence-electron chi connectivity index (χ0n) is 18.0. The fraction of sp³-hybridized carbons (Fsp3) is 0.500. The summed E-state index contributed by atoms with van der Waals surface area (Å²) in [6.45, 7) is -0.0193. The van der Waals surface area contributed by atoms with Gasteiger partial charge >= 0.3 is 6.18 Å². The van der Waals surface area contributed by atoms with Gasteiger partial charge in [-0.3, -0.25) is 9.48 Å². The van der Waals surface area contributed by atoms with Crippen molar-refractivity contribution in [2.45, 2.75) is 60.5 Å². The van der Waals surface area contributed by atoms with Crippen LogP contribution >= 0.6 is 0 Å². The lowest BCUT2D eigenvalue weighted by atomic mass is 10.1. The normalized spacial score (nSPS) is 21.7. The van der Waals surface area contributed by atoms with Crippen LogP contribution in [0.4, 0.5) is 13.2 Å². The van der Waals surface area contributed by atoms with Crippen molar-refractivity contribution in [2.75, 3.05) is 6.61 Å². The summed E-state index contributed by atoms with van der Waals surface area (Å²) in [4.78, 5) is 11.7. The van der Waals surface area contributed by atoms with Gasteiger partial charge in [-0.15, -0.1) is 0 Å². The first kappa shape index (κ1) is 24.2. The maximum Gasteiger partial charge on any atom is 0.417 e. The molecule has 1 aromatic heterocycles. The molecule has 0 radical (unpaired) electrons. The summed E-state index contributed by atoms with van der Waals surface area (Å²) in [6, 6.07) is 5.07. The van der Waals surface area contributed by atoms with Gasteiger partial charge in [0.15, 0.2) is 9.84 Å². The number of hydrogen-bond acceptors (Lipinski definition) is 6. The Hall–Kier alpha value is -2.91. The van der Waals surface area contributed by atoms with Crippen molar-refractivity contribution in [1.29, 1.82) is 5.26 Å². The van der Waals surface area contributed by atoms with Crippen molar-refractivity contribution < 1.29 is 31.5 Å². The molecule has 0 unspecified atom stereocenters. The number of hydrogen-bond donors (Lipinski definition) is 2. The first-order chi connectivity index (χ1) is 16.0. The van der Waals surface area contributed by atoms with E-state index in [2.05, 4.69) is 10.4 Å². The van der Waals surface area contributed by atoms with Crippen LogP contribution in [0.25, 0.3) is 11.1 Å².